The number of hydrogen-bond donors (Lipinski definition) is 1. The number of nitrogens with zero attached hydrogens (tertiary/aromatic N) is 7. The molecule has 0 spiro atoms. The smallest absolute Gasteiger partial charge is 0.245 e. The van der Waals surface area contributed by atoms with Crippen molar-refractivity contribution in [2.24, 2.45) is 7.05 Å². The van der Waals surface area contributed by atoms with E-state index in [2.05, 4.69) is 35.6 Å². The summed E-state index contributed by atoms with van der Waals surface area (Å²) in [7, 11) is 1.92. The van der Waals surface area contributed by atoms with Crippen molar-refractivity contribution < 1.29 is 4.63 Å². The van der Waals surface area contributed by atoms with Gasteiger partial charge >= 0.3 is 0 Å². The van der Waals surface area contributed by atoms with Crippen LogP contribution in [0.15, 0.2) is 10.8 Å². The molecule has 24 heavy (non-hydrogen) atoms. The lowest BCUT2D eigenvalue weighted by Gasteiger charge is -2.28. The van der Waals surface area contributed by atoms with E-state index < -0.39 is 0 Å². The molecular weight excluding hydrogens is 308 g/mol. The van der Waals surface area contributed by atoms with Gasteiger partial charge < -0.3 is 10.2 Å². The van der Waals surface area contributed by atoms with Crippen LogP contribution in [-0.2, 0) is 13.6 Å². The van der Waals surface area contributed by atoms with Crippen molar-refractivity contribution in [1.29, 1.82) is 0 Å². The van der Waals surface area contributed by atoms with E-state index in [0.717, 1.165) is 43.0 Å². The van der Waals surface area contributed by atoms with Gasteiger partial charge in [-0.05, 0) is 36.5 Å². The van der Waals surface area contributed by atoms with Crippen molar-refractivity contribution in [3.8, 4) is 0 Å². The minimum absolute atomic E-state index is 0.418. The van der Waals surface area contributed by atoms with E-state index in [9.17, 15) is 0 Å². The first-order chi connectivity index (χ1) is 11.7. The summed E-state index contributed by atoms with van der Waals surface area (Å²) in [5.41, 5.74) is 2.99. The highest BCUT2D eigenvalue weighted by Crippen LogP contribution is 2.27. The van der Waals surface area contributed by atoms with Crippen molar-refractivity contribution in [2.75, 3.05) is 23.3 Å². The number of hydrogen-bond acceptors (Lipinski definition) is 8. The molecule has 4 rings (SSSR count). The Hall–Kier alpha value is -2.71. The van der Waals surface area contributed by atoms with Gasteiger partial charge in [-0.25, -0.2) is 14.6 Å². The Labute approximate surface area is 139 Å². The highest BCUT2D eigenvalue weighted by Gasteiger charge is 2.20. The maximum atomic E-state index is 4.76. The van der Waals surface area contributed by atoms with Crippen LogP contribution in [0, 0.1) is 6.92 Å². The van der Waals surface area contributed by atoms with E-state index in [-0.39, 0.29) is 0 Å². The number of rotatable bonds is 4. The second-order valence-electron chi connectivity index (χ2n) is 6.12. The maximum absolute atomic E-state index is 4.76. The molecule has 9 nitrogen and oxygen atoms in total. The van der Waals surface area contributed by atoms with Crippen molar-refractivity contribution in [2.45, 2.75) is 32.7 Å². The average molecular weight is 328 g/mol. The Morgan fingerprint density at radius 3 is 2.58 bits per heavy atom. The number of anilines is 2. The van der Waals surface area contributed by atoms with Gasteiger partial charge in [0.2, 0.25) is 11.3 Å². The van der Waals surface area contributed by atoms with Crippen molar-refractivity contribution in [3.63, 3.8) is 0 Å². The van der Waals surface area contributed by atoms with Gasteiger partial charge in [0.1, 0.15) is 0 Å². The first-order valence-electron chi connectivity index (χ1n) is 8.19. The topological polar surface area (TPSA) is 97.8 Å². The van der Waals surface area contributed by atoms with Crippen molar-refractivity contribution in [1.82, 2.24) is 30.1 Å². The first-order valence-corrected chi connectivity index (χ1v) is 8.19. The van der Waals surface area contributed by atoms with Crippen LogP contribution in [0.2, 0.25) is 0 Å². The van der Waals surface area contributed by atoms with E-state index in [1.54, 1.807) is 0 Å². The summed E-state index contributed by atoms with van der Waals surface area (Å²) in [6.07, 6.45) is 5.59. The Morgan fingerprint density at radius 1 is 1.12 bits per heavy atom. The third-order valence-corrected chi connectivity index (χ3v) is 4.31. The van der Waals surface area contributed by atoms with Crippen LogP contribution in [0.1, 0.15) is 30.5 Å². The van der Waals surface area contributed by atoms with Gasteiger partial charge in [0.15, 0.2) is 11.6 Å². The third-order valence-electron chi connectivity index (χ3n) is 4.31. The normalized spacial score (nSPS) is 15.2. The quantitative estimate of drug-likeness (QED) is 0.772. The van der Waals surface area contributed by atoms with Crippen LogP contribution in [0.25, 0.3) is 11.3 Å². The third kappa shape index (κ3) is 2.77. The van der Waals surface area contributed by atoms with Gasteiger partial charge in [0.25, 0.3) is 0 Å². The number of piperidine rings is 1. The molecular formula is C15H20N8O. The van der Waals surface area contributed by atoms with Crippen LogP contribution in [0.4, 0.5) is 11.6 Å². The fraction of sp³-hybridized carbons (Fsp3) is 0.533. The fourth-order valence-corrected chi connectivity index (χ4v) is 3.08. The Kier molecular flexibility index (Phi) is 3.75. The highest BCUT2D eigenvalue weighted by molar-refractivity contribution is 5.74. The average Bonchev–Trinajstić information content (AvgIpc) is 3.18. The Balaban J connectivity index is 1.65. The molecule has 4 heterocycles. The van der Waals surface area contributed by atoms with Gasteiger partial charge in [-0.3, -0.25) is 4.68 Å². The van der Waals surface area contributed by atoms with E-state index >= 15 is 0 Å². The molecule has 126 valence electrons. The SMILES string of the molecule is Cc1nn(C)cc1CNc1nc2nonc2nc1N1CCCCC1. The standard InChI is InChI=1S/C15H20N8O/c1-10-11(9-22(2)19-10)8-16-14-15(23-6-4-3-5-7-23)18-13-12(17-14)20-24-21-13/h9H,3-8H2,1-2H3,(H,16,17,20). The molecule has 9 heteroatoms. The van der Waals surface area contributed by atoms with Gasteiger partial charge in [0, 0.05) is 38.4 Å². The largest absolute Gasteiger partial charge is 0.363 e. The van der Waals surface area contributed by atoms with Crippen LogP contribution in [-0.4, -0.2) is 43.2 Å². The lowest BCUT2D eigenvalue weighted by molar-refractivity contribution is 0.314. The molecule has 3 aromatic rings. The van der Waals surface area contributed by atoms with Crippen molar-refractivity contribution in [3.05, 3.63) is 17.5 Å². The Bertz CT molecular complexity index is 848. The molecule has 0 bridgehead atoms. The summed E-state index contributed by atoms with van der Waals surface area (Å²) in [5, 5.41) is 15.4. The summed E-state index contributed by atoms with van der Waals surface area (Å²) < 4.78 is 6.58. The van der Waals surface area contributed by atoms with Crippen LogP contribution < -0.4 is 10.2 Å². The van der Waals surface area contributed by atoms with Gasteiger partial charge in [-0.1, -0.05) is 0 Å². The lowest BCUT2D eigenvalue weighted by atomic mass is 10.1. The second-order valence-corrected chi connectivity index (χ2v) is 6.12. The molecule has 0 atom stereocenters. The van der Waals surface area contributed by atoms with Gasteiger partial charge in [-0.15, -0.1) is 0 Å². The molecule has 1 saturated heterocycles. The number of nitrogens with one attached hydrogen (secondary N) is 1. The maximum Gasteiger partial charge on any atom is 0.245 e. The number of aromatic nitrogens is 6. The van der Waals surface area contributed by atoms with E-state index in [1.807, 2.05) is 24.9 Å². The molecule has 0 aromatic carbocycles. The predicted octanol–water partition coefficient (Wildman–Crippen LogP) is 1.66. The molecule has 1 fully saturated rings. The minimum Gasteiger partial charge on any atom is -0.363 e. The molecule has 0 amide bonds. The molecule has 0 radical (unpaired) electrons. The van der Waals surface area contributed by atoms with E-state index in [0.29, 0.717) is 23.7 Å². The molecule has 1 N–H and O–H groups in total. The summed E-state index contributed by atoms with van der Waals surface area (Å²) in [4.78, 5) is 11.4. The highest BCUT2D eigenvalue weighted by atomic mass is 16.6. The zero-order chi connectivity index (χ0) is 16.5. The van der Waals surface area contributed by atoms with E-state index in [1.165, 1.54) is 6.42 Å². The summed E-state index contributed by atoms with van der Waals surface area (Å²) >= 11 is 0. The van der Waals surface area contributed by atoms with Crippen LogP contribution in [0.5, 0.6) is 0 Å². The molecule has 0 aliphatic carbocycles. The second kappa shape index (κ2) is 6.06. The zero-order valence-corrected chi connectivity index (χ0v) is 13.9. The lowest BCUT2D eigenvalue weighted by Crippen LogP contribution is -2.31. The Morgan fingerprint density at radius 2 is 1.88 bits per heavy atom. The van der Waals surface area contributed by atoms with Gasteiger partial charge in [-0.2, -0.15) is 5.10 Å². The molecule has 0 saturated carbocycles. The molecule has 1 aliphatic rings. The minimum atomic E-state index is 0.418. The van der Waals surface area contributed by atoms with Crippen LogP contribution in [0.3, 0.4) is 0 Å². The summed E-state index contributed by atoms with van der Waals surface area (Å²) in [6.45, 7) is 4.59. The zero-order valence-electron chi connectivity index (χ0n) is 13.9. The first kappa shape index (κ1) is 14.9. The molecule has 0 unspecified atom stereocenters. The number of aryl methyl sites for hydroxylation is 2. The predicted molar refractivity (Wildman–Crippen MR) is 88.7 cm³/mol. The monoisotopic (exact) mass is 328 g/mol. The fourth-order valence-electron chi connectivity index (χ4n) is 3.08. The summed E-state index contributed by atoms with van der Waals surface area (Å²) in [6, 6.07) is 0. The molecule has 1 aliphatic heterocycles. The summed E-state index contributed by atoms with van der Waals surface area (Å²) in [5.74, 6) is 1.53. The van der Waals surface area contributed by atoms with E-state index in [4.69, 9.17) is 4.63 Å². The van der Waals surface area contributed by atoms with Crippen LogP contribution >= 0.6 is 0 Å². The van der Waals surface area contributed by atoms with Gasteiger partial charge in [0.05, 0.1) is 5.69 Å². The van der Waals surface area contributed by atoms with Crippen molar-refractivity contribution >= 4 is 22.9 Å². The molecule has 3 aromatic heterocycles. The number of fused-ring (bicyclic) bond motifs is 1.